The average molecular weight is 910 g/mol. The summed E-state index contributed by atoms with van der Waals surface area (Å²) in [5.41, 5.74) is 2.80. The lowest BCUT2D eigenvalue weighted by Crippen LogP contribution is -2.16. The minimum atomic E-state index is -4.76. The summed E-state index contributed by atoms with van der Waals surface area (Å²) in [6, 6.07) is 17.3. The molecule has 0 aliphatic carbocycles. The molecular formula is C36H25Cl3F6N12O4. The molecule has 6 aromatic heterocycles. The molecule has 0 unspecified atom stereocenters. The van der Waals surface area contributed by atoms with Crippen molar-refractivity contribution in [3.8, 4) is 57.7 Å². The van der Waals surface area contributed by atoms with Gasteiger partial charge in [0, 0.05) is 29.4 Å². The zero-order valence-corrected chi connectivity index (χ0v) is 33.2. The van der Waals surface area contributed by atoms with Crippen molar-refractivity contribution in [3.63, 3.8) is 0 Å². The number of aromatic amines is 1. The number of benzene rings is 2. The molecule has 0 aliphatic heterocycles. The fraction of sp³-hybridized carbons (Fsp3) is 0.167. The van der Waals surface area contributed by atoms with Crippen LogP contribution in [0.2, 0.25) is 10.3 Å². The first kappa shape index (κ1) is 43.9. The summed E-state index contributed by atoms with van der Waals surface area (Å²) >= 11 is 17.0. The normalized spacial score (nSPS) is 11.3. The van der Waals surface area contributed by atoms with Gasteiger partial charge in [-0.1, -0.05) is 33.5 Å². The van der Waals surface area contributed by atoms with Gasteiger partial charge >= 0.3 is 12.7 Å². The molecule has 8 rings (SSSR count). The van der Waals surface area contributed by atoms with E-state index in [0.717, 1.165) is 35.4 Å². The van der Waals surface area contributed by atoms with Crippen molar-refractivity contribution in [1.82, 2.24) is 60.2 Å². The van der Waals surface area contributed by atoms with E-state index in [0.29, 0.717) is 45.5 Å². The molecule has 0 atom stereocenters. The molecule has 8 aromatic rings. The molecule has 316 valence electrons. The number of ether oxygens (including phenoxy) is 2. The number of nitrogens with zero attached hydrogens (tertiary/aromatic N) is 11. The first-order chi connectivity index (χ1) is 29.0. The number of H-pyrrole nitrogens is 1. The van der Waals surface area contributed by atoms with Gasteiger partial charge in [-0.05, 0) is 97.8 Å². The van der Waals surface area contributed by atoms with Crippen LogP contribution in [0.4, 0.5) is 26.3 Å². The summed E-state index contributed by atoms with van der Waals surface area (Å²) in [6.45, 7) is 3.91. The molecule has 0 saturated carbocycles. The van der Waals surface area contributed by atoms with E-state index in [-0.39, 0.29) is 46.6 Å². The van der Waals surface area contributed by atoms with Crippen LogP contribution in [-0.4, -0.2) is 72.9 Å². The Hall–Kier alpha value is -6.65. The van der Waals surface area contributed by atoms with Crippen LogP contribution in [0.3, 0.4) is 0 Å². The van der Waals surface area contributed by atoms with Crippen molar-refractivity contribution >= 4 is 34.8 Å². The lowest BCUT2D eigenvalue weighted by Gasteiger charge is -2.08. The Bertz CT molecular complexity index is 2670. The van der Waals surface area contributed by atoms with Crippen molar-refractivity contribution in [2.75, 3.05) is 0 Å². The number of halogens is 9. The Labute approximate surface area is 353 Å². The largest absolute Gasteiger partial charge is 0.573 e. The van der Waals surface area contributed by atoms with Crippen LogP contribution in [-0.2, 0) is 12.4 Å². The summed E-state index contributed by atoms with van der Waals surface area (Å²) in [5.74, 6) is 2.06. The van der Waals surface area contributed by atoms with Crippen molar-refractivity contribution in [2.45, 2.75) is 39.0 Å². The fourth-order valence-corrected chi connectivity index (χ4v) is 5.37. The van der Waals surface area contributed by atoms with E-state index in [4.69, 9.17) is 43.8 Å². The SMILES string of the molecule is Cc1nc(-c2nc(-c3ccc(OC(F)(F)F)cc3)no2)n[nH]1.Cc1nc(-c2nc(-c3ccc(OC(F)(F)F)cc3)no2)nn1Cc1ccnc(Cl)c1.ClCc1ccnc(Cl)c1. The second-order valence-corrected chi connectivity index (χ2v) is 13.0. The smallest absolute Gasteiger partial charge is 0.406 e. The third-order valence-electron chi connectivity index (χ3n) is 7.45. The summed E-state index contributed by atoms with van der Waals surface area (Å²) < 4.78 is 92.5. The number of aryl methyl sites for hydroxylation is 2. The number of hydrogen-bond donors (Lipinski definition) is 1. The molecule has 0 amide bonds. The molecular weight excluding hydrogens is 885 g/mol. The van der Waals surface area contributed by atoms with E-state index in [2.05, 4.69) is 65.0 Å². The van der Waals surface area contributed by atoms with Gasteiger partial charge in [-0.2, -0.15) is 9.97 Å². The van der Waals surface area contributed by atoms with Gasteiger partial charge in [0.25, 0.3) is 11.8 Å². The first-order valence-corrected chi connectivity index (χ1v) is 18.3. The molecule has 0 spiro atoms. The molecule has 0 bridgehead atoms. The highest BCUT2D eigenvalue weighted by molar-refractivity contribution is 6.29. The second kappa shape index (κ2) is 19.2. The van der Waals surface area contributed by atoms with E-state index in [1.54, 1.807) is 43.1 Å². The topological polar surface area (TPSA) is 194 Å². The molecule has 6 heterocycles. The summed E-state index contributed by atoms with van der Waals surface area (Å²) in [5, 5.41) is 19.3. The maximum Gasteiger partial charge on any atom is 0.573 e. The summed E-state index contributed by atoms with van der Waals surface area (Å²) in [4.78, 5) is 24.4. The third-order valence-corrected chi connectivity index (χ3v) is 8.17. The predicted octanol–water partition coefficient (Wildman–Crippen LogP) is 9.50. The third kappa shape index (κ3) is 12.9. The van der Waals surface area contributed by atoms with Crippen LogP contribution in [0.15, 0.2) is 94.2 Å². The molecule has 16 nitrogen and oxygen atoms in total. The fourth-order valence-electron chi connectivity index (χ4n) is 4.81. The van der Waals surface area contributed by atoms with Crippen LogP contribution >= 0.6 is 34.8 Å². The summed E-state index contributed by atoms with van der Waals surface area (Å²) in [6.07, 6.45) is -6.25. The molecule has 2 aromatic carbocycles. The number of rotatable bonds is 9. The monoisotopic (exact) mass is 908 g/mol. The van der Waals surface area contributed by atoms with Crippen LogP contribution < -0.4 is 9.47 Å². The van der Waals surface area contributed by atoms with Gasteiger partial charge in [0.1, 0.15) is 33.5 Å². The Kier molecular flexibility index (Phi) is 13.8. The maximum absolute atomic E-state index is 12.3. The van der Waals surface area contributed by atoms with E-state index in [1.165, 1.54) is 24.3 Å². The summed E-state index contributed by atoms with van der Waals surface area (Å²) in [7, 11) is 0. The Morgan fingerprint density at radius 1 is 0.639 bits per heavy atom. The van der Waals surface area contributed by atoms with Crippen LogP contribution in [0, 0.1) is 13.8 Å². The van der Waals surface area contributed by atoms with Gasteiger partial charge in [0.05, 0.1) is 6.54 Å². The van der Waals surface area contributed by atoms with Gasteiger partial charge in [-0.25, -0.2) is 24.6 Å². The Morgan fingerprint density at radius 3 is 1.57 bits per heavy atom. The highest BCUT2D eigenvalue weighted by atomic mass is 35.5. The highest BCUT2D eigenvalue weighted by Crippen LogP contribution is 2.28. The second-order valence-electron chi connectivity index (χ2n) is 12.0. The lowest BCUT2D eigenvalue weighted by atomic mass is 10.2. The van der Waals surface area contributed by atoms with Gasteiger partial charge < -0.3 is 18.5 Å². The van der Waals surface area contributed by atoms with E-state index in [9.17, 15) is 26.3 Å². The number of hydrogen-bond acceptors (Lipinski definition) is 14. The zero-order valence-electron chi connectivity index (χ0n) is 31.0. The Balaban J connectivity index is 0.000000175. The molecule has 0 saturated heterocycles. The first-order valence-electron chi connectivity index (χ1n) is 17.0. The maximum atomic E-state index is 12.3. The Morgan fingerprint density at radius 2 is 1.13 bits per heavy atom. The van der Waals surface area contributed by atoms with Crippen molar-refractivity contribution < 1.29 is 44.9 Å². The van der Waals surface area contributed by atoms with Gasteiger partial charge in [0.2, 0.25) is 23.3 Å². The molecule has 61 heavy (non-hydrogen) atoms. The van der Waals surface area contributed by atoms with Crippen LogP contribution in [0.25, 0.3) is 46.2 Å². The zero-order chi connectivity index (χ0) is 43.7. The highest BCUT2D eigenvalue weighted by Gasteiger charge is 2.32. The van der Waals surface area contributed by atoms with E-state index in [1.807, 2.05) is 12.1 Å². The number of nitrogens with one attached hydrogen (secondary N) is 1. The molecule has 25 heteroatoms. The quantitative estimate of drug-likeness (QED) is 0.0817. The van der Waals surface area contributed by atoms with Crippen LogP contribution in [0.5, 0.6) is 11.5 Å². The predicted molar refractivity (Wildman–Crippen MR) is 204 cm³/mol. The standard InChI is InChI=1S/C18H12ClF3N6O2.C12H8F3N5O2.C6H5Cl2N/c1-10-24-16(26-28(10)9-11-6-7-23-14(19)8-11)17-25-15(27-30-17)12-2-4-13(5-3-12)29-18(20,21)22;1-6-16-10(19-18-6)11-17-9(20-22-11)7-2-4-8(5-3-7)21-12(13,14)15;7-4-5-1-2-9-6(8)3-5/h2-8H,9H2,1H3;2-5H,1H3,(H,16,18,19);1-3H,4H2. The van der Waals surface area contributed by atoms with E-state index >= 15 is 0 Å². The van der Waals surface area contributed by atoms with Crippen molar-refractivity contribution in [3.05, 3.63) is 118 Å². The number of alkyl halides is 7. The van der Waals surface area contributed by atoms with Crippen molar-refractivity contribution in [1.29, 1.82) is 0 Å². The van der Waals surface area contributed by atoms with Gasteiger partial charge in [-0.15, -0.1) is 48.1 Å². The lowest BCUT2D eigenvalue weighted by molar-refractivity contribution is -0.275. The minimum absolute atomic E-state index is 0.0789. The molecule has 0 radical (unpaired) electrons. The molecule has 0 aliphatic rings. The van der Waals surface area contributed by atoms with Crippen LogP contribution in [0.1, 0.15) is 22.8 Å². The average Bonchev–Trinajstić information content (AvgIpc) is 4.03. The molecule has 0 fully saturated rings. The van der Waals surface area contributed by atoms with Gasteiger partial charge in [0.15, 0.2) is 0 Å². The minimum Gasteiger partial charge on any atom is -0.406 e. The molecule has 1 N–H and O–H groups in total. The van der Waals surface area contributed by atoms with E-state index < -0.39 is 12.7 Å². The number of aromatic nitrogens is 12. The van der Waals surface area contributed by atoms with Crippen molar-refractivity contribution in [2.24, 2.45) is 0 Å². The number of pyridine rings is 2. The van der Waals surface area contributed by atoms with Gasteiger partial charge in [-0.3, -0.25) is 5.10 Å².